The Morgan fingerprint density at radius 1 is 0.515 bits per heavy atom. The molecule has 0 unspecified atom stereocenters. The minimum Gasteiger partial charge on any atom is -0.395 e. The van der Waals surface area contributed by atoms with Crippen LogP contribution in [-0.2, 0) is 39.4 Å². The van der Waals surface area contributed by atoms with Crippen molar-refractivity contribution in [1.29, 1.82) is 0 Å². The third-order valence-electron chi connectivity index (χ3n) is 16.0. The van der Waals surface area contributed by atoms with Crippen molar-refractivity contribution < 1.29 is 55.3 Å². The summed E-state index contributed by atoms with van der Waals surface area (Å²) in [5.74, 6) is -1.52. The van der Waals surface area contributed by atoms with Crippen LogP contribution in [0.3, 0.4) is 0 Å². The molecule has 0 radical (unpaired) electrons. The molecule has 30 nitrogen and oxygen atoms in total. The van der Waals surface area contributed by atoms with Gasteiger partial charge in [-0.25, -0.2) is 0 Å². The van der Waals surface area contributed by atoms with Gasteiger partial charge in [-0.15, -0.1) is 20.5 Å². The number of hydrogen-bond acceptors (Lipinski definition) is 28. The summed E-state index contributed by atoms with van der Waals surface area (Å²) >= 11 is 2.22. The second kappa shape index (κ2) is 33.8. The fourth-order valence-corrected chi connectivity index (χ4v) is 13.6. The lowest BCUT2D eigenvalue weighted by atomic mass is 10.1. The standard InChI is InChI=1S/C65H78N18O12S4/c1-7-79(8-2)45-21-27-51(75-77-64-70-57(81-29-13-11-14-30-81)55(96-64)39-49(41(5)86)59(88)66-43-17-23-47(24-18-43)98(90,91)92)53(37-45)68-61-72-62(74-63(73-61)83(33-35-84)34-36-85)69-54-38-46(80(9-3)10-4)22-28-52(54)76-78-65-71-58(82-31-15-12-16-32-82)56(97-65)40-50(42(6)87)60(89)67-44-19-25-48(26-20-44)99(93,94)95/h17-28,37-40,84-85H,7-16,29-36H2,1-6H3,(H,66,88)(H,67,89)(H,90,91,92)(H,93,94,95)(H2,68,69,72,73,74). The summed E-state index contributed by atoms with van der Waals surface area (Å²) < 4.78 is 65.7. The number of amides is 2. The van der Waals surface area contributed by atoms with Gasteiger partial charge in [0.15, 0.2) is 11.6 Å². The maximum absolute atomic E-state index is 13.8. The van der Waals surface area contributed by atoms with Gasteiger partial charge in [-0.2, -0.15) is 41.8 Å². The van der Waals surface area contributed by atoms with Crippen LogP contribution in [0.2, 0.25) is 0 Å². The van der Waals surface area contributed by atoms with Crippen LogP contribution in [0.25, 0.3) is 12.2 Å². The van der Waals surface area contributed by atoms with Crippen molar-refractivity contribution in [3.63, 3.8) is 0 Å². The van der Waals surface area contributed by atoms with Gasteiger partial charge in [-0.05, 0) is 177 Å². The minimum absolute atomic E-state index is 0.0142. The van der Waals surface area contributed by atoms with E-state index < -0.39 is 43.6 Å². The second-order valence-electron chi connectivity index (χ2n) is 22.7. The number of thiazole rings is 2. The van der Waals surface area contributed by atoms with Crippen molar-refractivity contribution in [2.75, 3.05) is 124 Å². The van der Waals surface area contributed by atoms with Gasteiger partial charge in [0.25, 0.3) is 32.1 Å². The van der Waals surface area contributed by atoms with Crippen molar-refractivity contribution in [2.24, 2.45) is 20.5 Å². The molecular weight excluding hydrogens is 1350 g/mol. The van der Waals surface area contributed by atoms with Gasteiger partial charge in [-0.3, -0.25) is 28.3 Å². The number of aliphatic hydroxyl groups excluding tert-OH is 2. The van der Waals surface area contributed by atoms with E-state index in [9.17, 15) is 55.3 Å². The number of benzene rings is 4. The minimum atomic E-state index is -4.49. The zero-order chi connectivity index (χ0) is 71.0. The normalized spacial score (nSPS) is 14.0. The lowest BCUT2D eigenvalue weighted by Gasteiger charge is -2.27. The van der Waals surface area contributed by atoms with Crippen LogP contribution in [0.1, 0.15) is 89.8 Å². The molecule has 2 saturated heterocycles. The van der Waals surface area contributed by atoms with E-state index in [1.54, 1.807) is 17.0 Å². The summed E-state index contributed by atoms with van der Waals surface area (Å²) in [6, 6.07) is 20.7. The molecule has 9 rings (SSSR count). The fraction of sp³-hybridized carbons (Fsp3) is 0.369. The Labute approximate surface area is 581 Å². The molecule has 2 aliphatic rings. The molecule has 34 heteroatoms. The first-order chi connectivity index (χ1) is 47.5. The number of aliphatic hydroxyl groups is 2. The predicted molar refractivity (Wildman–Crippen MR) is 385 cm³/mol. The second-order valence-corrected chi connectivity index (χ2v) is 27.6. The summed E-state index contributed by atoms with van der Waals surface area (Å²) in [5.41, 5.74) is 3.04. The van der Waals surface area contributed by atoms with Crippen molar-refractivity contribution in [2.45, 2.75) is 89.9 Å². The number of nitrogens with zero attached hydrogens (tertiary/aromatic N) is 14. The quantitative estimate of drug-likeness (QED) is 0.00658. The number of carbonyl (C=O) groups is 4. The summed E-state index contributed by atoms with van der Waals surface area (Å²) in [7, 11) is -8.99. The molecule has 2 aliphatic heterocycles. The molecule has 2 amide bonds. The SMILES string of the molecule is CCN(CC)c1ccc(N=Nc2nc(N3CCCCC3)c(C=C(C(C)=O)C(=O)Nc3ccc(S(=O)(=O)O)cc3)s2)c(Nc2nc(Nc3cc(N(CC)CC)ccc3N=Nc3nc(N4CCCCC4)c(C=C(C(C)=O)C(=O)Nc4ccc(S(=O)(=O)O)cc4)s3)nc(N(CCO)CCO)n2)c1. The Balaban J connectivity index is 1.08. The van der Waals surface area contributed by atoms with Gasteiger partial charge in [0.1, 0.15) is 23.0 Å². The zero-order valence-electron chi connectivity index (χ0n) is 55.4. The van der Waals surface area contributed by atoms with Gasteiger partial charge in [0, 0.05) is 88.2 Å². The molecule has 3 aromatic heterocycles. The van der Waals surface area contributed by atoms with Crippen LogP contribution in [0, 0.1) is 0 Å². The number of nitrogens with one attached hydrogen (secondary N) is 4. The average molecular weight is 1430 g/mol. The monoisotopic (exact) mass is 1430 g/mol. The third kappa shape index (κ3) is 19.4. The van der Waals surface area contributed by atoms with Crippen LogP contribution in [0.5, 0.6) is 0 Å². The molecule has 0 saturated carbocycles. The van der Waals surface area contributed by atoms with Gasteiger partial charge < -0.3 is 56.0 Å². The van der Waals surface area contributed by atoms with E-state index in [1.165, 1.54) is 50.3 Å². The molecule has 0 atom stereocenters. The first-order valence-electron chi connectivity index (χ1n) is 32.1. The summed E-state index contributed by atoms with van der Waals surface area (Å²) in [4.78, 5) is 88.5. The maximum atomic E-state index is 13.8. The highest BCUT2D eigenvalue weighted by molar-refractivity contribution is 7.86. The van der Waals surface area contributed by atoms with E-state index in [0.29, 0.717) is 96.5 Å². The molecule has 7 aromatic rings. The summed E-state index contributed by atoms with van der Waals surface area (Å²) in [6.45, 7) is 15.3. The molecule has 0 bridgehead atoms. The van der Waals surface area contributed by atoms with E-state index in [2.05, 4.69) is 51.1 Å². The number of hydrogen-bond donors (Lipinski definition) is 8. The van der Waals surface area contributed by atoms with Gasteiger partial charge in [-0.1, -0.05) is 22.7 Å². The zero-order valence-corrected chi connectivity index (χ0v) is 58.7. The summed E-state index contributed by atoms with van der Waals surface area (Å²) in [6.07, 6.45) is 8.44. The Bertz CT molecular complexity index is 4140. The van der Waals surface area contributed by atoms with Crippen molar-refractivity contribution in [1.82, 2.24) is 24.9 Å². The van der Waals surface area contributed by atoms with E-state index in [4.69, 9.17) is 35.1 Å². The molecule has 99 heavy (non-hydrogen) atoms. The lowest BCUT2D eigenvalue weighted by Crippen LogP contribution is -2.31. The molecule has 0 spiro atoms. The van der Waals surface area contributed by atoms with E-state index >= 15 is 0 Å². The van der Waals surface area contributed by atoms with Crippen LogP contribution < -0.4 is 45.8 Å². The highest BCUT2D eigenvalue weighted by atomic mass is 32.2. The van der Waals surface area contributed by atoms with Crippen LogP contribution >= 0.6 is 22.7 Å². The largest absolute Gasteiger partial charge is 0.395 e. The Kier molecular flexibility index (Phi) is 25.2. The van der Waals surface area contributed by atoms with Crippen LogP contribution in [-0.4, -0.2) is 163 Å². The van der Waals surface area contributed by atoms with Gasteiger partial charge in [0.05, 0.1) is 55.3 Å². The molecule has 4 aromatic carbocycles. The number of azo groups is 2. The number of aromatic nitrogens is 5. The smallest absolute Gasteiger partial charge is 0.294 e. The van der Waals surface area contributed by atoms with Gasteiger partial charge >= 0.3 is 0 Å². The summed E-state index contributed by atoms with van der Waals surface area (Å²) in [5, 5.41) is 51.8. The van der Waals surface area contributed by atoms with Crippen LogP contribution in [0.4, 0.5) is 85.2 Å². The topological polar surface area (TPSA) is 396 Å². The highest BCUT2D eigenvalue weighted by Crippen LogP contribution is 2.41. The third-order valence-corrected chi connectivity index (χ3v) is 19.5. The fourth-order valence-electron chi connectivity index (χ4n) is 10.9. The number of rotatable bonds is 31. The van der Waals surface area contributed by atoms with E-state index in [1.807, 2.05) is 52.0 Å². The molecule has 5 heterocycles. The predicted octanol–water partition coefficient (Wildman–Crippen LogP) is 11.3. The number of piperidine rings is 2. The van der Waals surface area contributed by atoms with Gasteiger partial charge in [0.2, 0.25) is 28.1 Å². The first kappa shape index (κ1) is 73.7. The molecule has 8 N–H and O–H groups in total. The lowest BCUT2D eigenvalue weighted by molar-refractivity contribution is -0.120. The average Bonchev–Trinajstić information content (AvgIpc) is 1.74. The molecule has 524 valence electrons. The number of Topliss-reactive ketones (excluding diaryl/α,β-unsaturated/α-hetero) is 2. The Morgan fingerprint density at radius 2 is 0.889 bits per heavy atom. The maximum Gasteiger partial charge on any atom is 0.294 e. The molecule has 0 aliphatic carbocycles. The van der Waals surface area contributed by atoms with Crippen molar-refractivity contribution in [3.8, 4) is 0 Å². The van der Waals surface area contributed by atoms with E-state index in [-0.39, 0.29) is 86.7 Å². The number of carbonyl (C=O) groups excluding carboxylic acids is 4. The molecular formula is C65H78N18O12S4. The Hall–Kier alpha value is -9.55. The van der Waals surface area contributed by atoms with Crippen molar-refractivity contribution in [3.05, 3.63) is 106 Å². The van der Waals surface area contributed by atoms with Crippen LogP contribution in [0.15, 0.2) is 126 Å². The highest BCUT2D eigenvalue weighted by Gasteiger charge is 2.27. The first-order valence-corrected chi connectivity index (χ1v) is 36.6. The number of ketones is 2. The Morgan fingerprint density at radius 3 is 1.22 bits per heavy atom. The number of anilines is 11. The van der Waals surface area contributed by atoms with E-state index in [0.717, 1.165) is 96.8 Å². The molecule has 2 fully saturated rings. The van der Waals surface area contributed by atoms with Crippen molar-refractivity contribution >= 4 is 164 Å².